The quantitative estimate of drug-likeness (QED) is 0.776. The van der Waals surface area contributed by atoms with Crippen molar-refractivity contribution in [3.63, 3.8) is 0 Å². The van der Waals surface area contributed by atoms with Crippen molar-refractivity contribution in [1.82, 2.24) is 4.57 Å². The Kier molecular flexibility index (Phi) is 4.48. The SMILES string of the molecule is O=C(O)C=Cc1c(C2CCCCC2)c(-c2ccccc2)c2n1CCC2. The number of benzene rings is 1. The molecule has 1 fully saturated rings. The van der Waals surface area contributed by atoms with Crippen molar-refractivity contribution in [3.8, 4) is 11.1 Å². The molecule has 0 saturated heterocycles. The van der Waals surface area contributed by atoms with Gasteiger partial charge in [0.05, 0.1) is 0 Å². The average Bonchev–Trinajstić information content (AvgIpc) is 3.22. The number of carboxylic acids is 1. The first kappa shape index (κ1) is 16.2. The van der Waals surface area contributed by atoms with E-state index in [9.17, 15) is 4.79 Å². The number of carboxylic acid groups (broad SMARTS) is 1. The standard InChI is InChI=1S/C22H25NO2/c24-20(25)14-13-19-22(17-10-5-2-6-11-17)21(16-8-3-1-4-9-16)18-12-7-15-23(18)19/h1,3-4,8-9,13-14,17H,2,5-7,10-12,15H2,(H,24,25). The van der Waals surface area contributed by atoms with Crippen molar-refractivity contribution < 1.29 is 9.90 Å². The highest BCUT2D eigenvalue weighted by molar-refractivity contribution is 5.87. The van der Waals surface area contributed by atoms with Gasteiger partial charge in [-0.25, -0.2) is 4.79 Å². The number of aromatic nitrogens is 1. The van der Waals surface area contributed by atoms with Gasteiger partial charge in [-0.05, 0) is 48.8 Å². The van der Waals surface area contributed by atoms with Gasteiger partial charge < -0.3 is 9.67 Å². The third-order valence-electron chi connectivity index (χ3n) is 5.71. The third-order valence-corrected chi connectivity index (χ3v) is 5.71. The topological polar surface area (TPSA) is 42.2 Å². The predicted molar refractivity (Wildman–Crippen MR) is 101 cm³/mol. The molecule has 0 atom stereocenters. The first-order valence-electron chi connectivity index (χ1n) is 9.47. The molecule has 1 aromatic heterocycles. The highest BCUT2D eigenvalue weighted by Gasteiger charge is 2.30. The van der Waals surface area contributed by atoms with Crippen molar-refractivity contribution in [1.29, 1.82) is 0 Å². The third kappa shape index (κ3) is 3.04. The molecule has 3 nitrogen and oxygen atoms in total. The van der Waals surface area contributed by atoms with Crippen molar-refractivity contribution in [3.05, 3.63) is 53.4 Å². The molecule has 4 rings (SSSR count). The minimum absolute atomic E-state index is 0.551. The number of aliphatic carboxylic acids is 1. The van der Waals surface area contributed by atoms with E-state index in [0.29, 0.717) is 5.92 Å². The van der Waals surface area contributed by atoms with Crippen LogP contribution in [0, 0.1) is 0 Å². The molecule has 1 N–H and O–H groups in total. The Balaban J connectivity index is 1.92. The molecule has 1 saturated carbocycles. The summed E-state index contributed by atoms with van der Waals surface area (Å²) in [7, 11) is 0. The summed E-state index contributed by atoms with van der Waals surface area (Å²) in [6.45, 7) is 1.00. The smallest absolute Gasteiger partial charge is 0.328 e. The van der Waals surface area contributed by atoms with Gasteiger partial charge in [-0.15, -0.1) is 0 Å². The van der Waals surface area contributed by atoms with Crippen LogP contribution < -0.4 is 0 Å². The van der Waals surface area contributed by atoms with Crippen molar-refractivity contribution in [2.45, 2.75) is 57.4 Å². The average molecular weight is 335 g/mol. The van der Waals surface area contributed by atoms with E-state index in [1.54, 1.807) is 0 Å². The maximum absolute atomic E-state index is 11.1. The molecular formula is C22H25NO2. The van der Waals surface area contributed by atoms with Crippen LogP contribution in [0.5, 0.6) is 0 Å². The van der Waals surface area contributed by atoms with E-state index in [1.807, 2.05) is 6.08 Å². The van der Waals surface area contributed by atoms with Crippen LogP contribution in [0.25, 0.3) is 17.2 Å². The minimum atomic E-state index is -0.871. The number of carbonyl (C=O) groups is 1. The zero-order valence-electron chi connectivity index (χ0n) is 14.6. The summed E-state index contributed by atoms with van der Waals surface area (Å²) < 4.78 is 2.38. The Morgan fingerprint density at radius 2 is 1.84 bits per heavy atom. The van der Waals surface area contributed by atoms with E-state index in [4.69, 9.17) is 5.11 Å². The van der Waals surface area contributed by atoms with E-state index in [1.165, 1.54) is 60.6 Å². The fourth-order valence-corrected chi connectivity index (χ4v) is 4.69. The van der Waals surface area contributed by atoms with Crippen LogP contribution in [0.3, 0.4) is 0 Å². The second-order valence-corrected chi connectivity index (χ2v) is 7.25. The van der Waals surface area contributed by atoms with Gasteiger partial charge in [-0.2, -0.15) is 0 Å². The molecular weight excluding hydrogens is 310 g/mol. The van der Waals surface area contributed by atoms with Gasteiger partial charge >= 0.3 is 5.97 Å². The second-order valence-electron chi connectivity index (χ2n) is 7.25. The van der Waals surface area contributed by atoms with E-state index >= 15 is 0 Å². The summed E-state index contributed by atoms with van der Waals surface area (Å²) in [5.74, 6) is -0.320. The number of hydrogen-bond donors (Lipinski definition) is 1. The van der Waals surface area contributed by atoms with Crippen LogP contribution in [0.4, 0.5) is 0 Å². The molecule has 2 aliphatic rings. The van der Waals surface area contributed by atoms with Crippen LogP contribution >= 0.6 is 0 Å². The minimum Gasteiger partial charge on any atom is -0.478 e. The summed E-state index contributed by atoms with van der Waals surface area (Å²) in [4.78, 5) is 11.1. The van der Waals surface area contributed by atoms with E-state index in [0.717, 1.165) is 25.1 Å². The molecule has 2 aromatic rings. The maximum Gasteiger partial charge on any atom is 0.328 e. The van der Waals surface area contributed by atoms with Gasteiger partial charge in [0, 0.05) is 29.6 Å². The van der Waals surface area contributed by atoms with Gasteiger partial charge in [0.25, 0.3) is 0 Å². The Bertz CT molecular complexity index is 795. The second kappa shape index (κ2) is 6.91. The Labute approximate surface area is 149 Å². The zero-order chi connectivity index (χ0) is 17.2. The van der Waals surface area contributed by atoms with Gasteiger partial charge in [0.2, 0.25) is 0 Å². The molecule has 1 aliphatic heterocycles. The van der Waals surface area contributed by atoms with Gasteiger partial charge in [-0.3, -0.25) is 0 Å². The highest BCUT2D eigenvalue weighted by atomic mass is 16.4. The van der Waals surface area contributed by atoms with Crippen molar-refractivity contribution in [2.24, 2.45) is 0 Å². The lowest BCUT2D eigenvalue weighted by molar-refractivity contribution is -0.131. The van der Waals surface area contributed by atoms with E-state index < -0.39 is 5.97 Å². The zero-order valence-corrected chi connectivity index (χ0v) is 14.6. The predicted octanol–water partition coefficient (Wildman–Crippen LogP) is 5.25. The van der Waals surface area contributed by atoms with Crippen molar-refractivity contribution >= 4 is 12.0 Å². The van der Waals surface area contributed by atoms with Gasteiger partial charge in [-0.1, -0.05) is 49.6 Å². The first-order chi connectivity index (χ1) is 12.3. The molecule has 0 amide bonds. The van der Waals surface area contributed by atoms with Crippen molar-refractivity contribution in [2.75, 3.05) is 0 Å². The molecule has 0 unspecified atom stereocenters. The molecule has 0 spiro atoms. The van der Waals surface area contributed by atoms with E-state index in [2.05, 4.69) is 34.9 Å². The summed E-state index contributed by atoms with van der Waals surface area (Å²) in [5.41, 5.74) is 6.61. The number of fused-ring (bicyclic) bond motifs is 1. The summed E-state index contributed by atoms with van der Waals surface area (Å²) in [5, 5.41) is 9.15. The molecule has 0 bridgehead atoms. The number of nitrogens with zero attached hydrogens (tertiary/aromatic N) is 1. The lowest BCUT2D eigenvalue weighted by Crippen LogP contribution is -2.08. The lowest BCUT2D eigenvalue weighted by Gasteiger charge is -2.24. The molecule has 130 valence electrons. The van der Waals surface area contributed by atoms with Crippen LogP contribution in [-0.4, -0.2) is 15.6 Å². The van der Waals surface area contributed by atoms with Crippen LogP contribution in [-0.2, 0) is 17.8 Å². The monoisotopic (exact) mass is 335 g/mol. The maximum atomic E-state index is 11.1. The largest absolute Gasteiger partial charge is 0.478 e. The Morgan fingerprint density at radius 1 is 1.08 bits per heavy atom. The summed E-state index contributed by atoms with van der Waals surface area (Å²) >= 11 is 0. The molecule has 3 heteroatoms. The number of hydrogen-bond acceptors (Lipinski definition) is 1. The normalized spacial score (nSPS) is 17.9. The summed E-state index contributed by atoms with van der Waals surface area (Å²) in [6, 6.07) is 10.7. The molecule has 25 heavy (non-hydrogen) atoms. The summed E-state index contributed by atoms with van der Waals surface area (Å²) in [6.07, 6.45) is 11.7. The first-order valence-corrected chi connectivity index (χ1v) is 9.47. The van der Waals surface area contributed by atoms with Crippen LogP contribution in [0.1, 0.15) is 61.4 Å². The fraction of sp³-hybridized carbons (Fsp3) is 0.409. The fourth-order valence-electron chi connectivity index (χ4n) is 4.69. The Hall–Kier alpha value is -2.29. The Morgan fingerprint density at radius 3 is 2.56 bits per heavy atom. The molecule has 2 heterocycles. The van der Waals surface area contributed by atoms with Crippen LogP contribution in [0.15, 0.2) is 36.4 Å². The van der Waals surface area contributed by atoms with Gasteiger partial charge in [0.15, 0.2) is 0 Å². The lowest BCUT2D eigenvalue weighted by atomic mass is 9.80. The van der Waals surface area contributed by atoms with Crippen LogP contribution in [0.2, 0.25) is 0 Å². The molecule has 1 aliphatic carbocycles. The number of rotatable bonds is 4. The molecule has 0 radical (unpaired) electrons. The highest BCUT2D eigenvalue weighted by Crippen LogP contribution is 2.45. The van der Waals surface area contributed by atoms with E-state index in [-0.39, 0.29) is 0 Å². The molecule has 1 aromatic carbocycles. The van der Waals surface area contributed by atoms with Gasteiger partial charge in [0.1, 0.15) is 0 Å².